The van der Waals surface area contributed by atoms with Crippen LogP contribution >= 0.6 is 0 Å². The molecule has 1 aliphatic carbocycles. The Morgan fingerprint density at radius 2 is 2.04 bits per heavy atom. The molecule has 2 heterocycles. The summed E-state index contributed by atoms with van der Waals surface area (Å²) < 4.78 is 11.9. The van der Waals surface area contributed by atoms with Gasteiger partial charge in [-0.05, 0) is 26.7 Å². The van der Waals surface area contributed by atoms with Gasteiger partial charge in [0.15, 0.2) is 12.4 Å². The molecule has 26 heavy (non-hydrogen) atoms. The second-order valence-corrected chi connectivity index (χ2v) is 6.45. The highest BCUT2D eigenvalue weighted by Gasteiger charge is 2.26. The second-order valence-electron chi connectivity index (χ2n) is 6.45. The first-order chi connectivity index (χ1) is 12.4. The summed E-state index contributed by atoms with van der Waals surface area (Å²) in [6, 6.07) is 0. The molecule has 0 saturated heterocycles. The van der Waals surface area contributed by atoms with Crippen LogP contribution in [0.2, 0.25) is 0 Å². The molecule has 2 aromatic heterocycles. The van der Waals surface area contributed by atoms with Crippen LogP contribution in [0, 0.1) is 6.92 Å². The molecule has 0 radical (unpaired) electrons. The maximum absolute atomic E-state index is 13.0. The summed E-state index contributed by atoms with van der Waals surface area (Å²) in [6.07, 6.45) is 7.15. The first-order valence-electron chi connectivity index (χ1n) is 8.40. The number of hydrogen-bond donors (Lipinski definition) is 0. The van der Waals surface area contributed by atoms with Gasteiger partial charge < -0.3 is 9.26 Å². The van der Waals surface area contributed by atoms with Gasteiger partial charge in [-0.3, -0.25) is 14.3 Å². The molecule has 0 amide bonds. The van der Waals surface area contributed by atoms with Crippen LogP contribution < -0.4 is 0 Å². The van der Waals surface area contributed by atoms with Gasteiger partial charge in [0.25, 0.3) is 0 Å². The normalized spacial score (nSPS) is 14.0. The lowest BCUT2D eigenvalue weighted by Crippen LogP contribution is -2.09. The largest absolute Gasteiger partial charge is 0.458 e. The van der Waals surface area contributed by atoms with Crippen molar-refractivity contribution in [3.63, 3.8) is 0 Å². The SMILES string of the molecule is CC(=O)OCc1onc(C)c1-c1cn(C)nc1C(=O)C1=CC=C(C)CC1. The maximum atomic E-state index is 13.0. The van der Waals surface area contributed by atoms with Crippen LogP contribution in [0.25, 0.3) is 11.1 Å². The van der Waals surface area contributed by atoms with E-state index in [2.05, 4.69) is 10.3 Å². The number of allylic oxidation sites excluding steroid dienone is 4. The van der Waals surface area contributed by atoms with Crippen LogP contribution in [0.15, 0.2) is 34.0 Å². The highest BCUT2D eigenvalue weighted by Crippen LogP contribution is 2.32. The summed E-state index contributed by atoms with van der Waals surface area (Å²) in [5.41, 5.74) is 4.22. The van der Waals surface area contributed by atoms with Crippen LogP contribution in [-0.2, 0) is 23.2 Å². The highest BCUT2D eigenvalue weighted by molar-refractivity contribution is 6.11. The summed E-state index contributed by atoms with van der Waals surface area (Å²) in [6.45, 7) is 5.11. The predicted octanol–water partition coefficient (Wildman–Crippen LogP) is 3.30. The Labute approximate surface area is 151 Å². The predicted molar refractivity (Wildman–Crippen MR) is 94.3 cm³/mol. The van der Waals surface area contributed by atoms with E-state index in [0.29, 0.717) is 34.7 Å². The zero-order chi connectivity index (χ0) is 18.8. The summed E-state index contributed by atoms with van der Waals surface area (Å²) >= 11 is 0. The molecule has 2 aromatic rings. The van der Waals surface area contributed by atoms with E-state index in [1.807, 2.05) is 19.1 Å². The van der Waals surface area contributed by atoms with Crippen molar-refractivity contribution in [3.8, 4) is 11.1 Å². The van der Waals surface area contributed by atoms with E-state index in [1.54, 1.807) is 24.9 Å². The second kappa shape index (κ2) is 7.11. The van der Waals surface area contributed by atoms with Crippen LogP contribution in [0.1, 0.15) is 48.6 Å². The van der Waals surface area contributed by atoms with Crippen LogP contribution in [0.5, 0.6) is 0 Å². The molecule has 0 unspecified atom stereocenters. The minimum atomic E-state index is -0.415. The van der Waals surface area contributed by atoms with Crippen molar-refractivity contribution in [2.45, 2.75) is 40.2 Å². The maximum Gasteiger partial charge on any atom is 0.303 e. The molecule has 3 rings (SSSR count). The van der Waals surface area contributed by atoms with E-state index in [9.17, 15) is 9.59 Å². The number of esters is 1. The van der Waals surface area contributed by atoms with E-state index >= 15 is 0 Å². The highest BCUT2D eigenvalue weighted by atomic mass is 16.5. The summed E-state index contributed by atoms with van der Waals surface area (Å²) in [4.78, 5) is 24.1. The molecular weight excluding hydrogens is 334 g/mol. The standard InChI is InChI=1S/C19H21N3O4/c1-11-5-7-14(8-6-11)19(24)18-15(9-22(4)20-18)17-12(2)21-26-16(17)10-25-13(3)23/h5,7,9H,6,8,10H2,1-4H3. The lowest BCUT2D eigenvalue weighted by molar-refractivity contribution is -0.142. The van der Waals surface area contributed by atoms with E-state index in [-0.39, 0.29) is 12.4 Å². The number of ketones is 1. The molecule has 1 aliphatic rings. The number of ether oxygens (including phenoxy) is 1. The number of hydrogen-bond acceptors (Lipinski definition) is 6. The van der Waals surface area contributed by atoms with E-state index in [1.165, 1.54) is 12.5 Å². The lowest BCUT2D eigenvalue weighted by Gasteiger charge is -2.11. The van der Waals surface area contributed by atoms with Crippen molar-refractivity contribution in [2.24, 2.45) is 7.05 Å². The first kappa shape index (κ1) is 17.8. The Bertz CT molecular complexity index is 931. The van der Waals surface area contributed by atoms with Gasteiger partial charge in [0.1, 0.15) is 5.69 Å². The van der Waals surface area contributed by atoms with Gasteiger partial charge in [-0.25, -0.2) is 0 Å². The van der Waals surface area contributed by atoms with Crippen molar-refractivity contribution in [1.82, 2.24) is 14.9 Å². The fourth-order valence-electron chi connectivity index (χ4n) is 2.95. The van der Waals surface area contributed by atoms with Crippen molar-refractivity contribution in [2.75, 3.05) is 0 Å². The molecule has 0 atom stereocenters. The Balaban J connectivity index is 2.02. The average Bonchev–Trinajstić information content (AvgIpc) is 3.15. The van der Waals surface area contributed by atoms with Gasteiger partial charge in [-0.15, -0.1) is 0 Å². The van der Waals surface area contributed by atoms with Crippen molar-refractivity contribution < 1.29 is 18.8 Å². The molecule has 0 aromatic carbocycles. The minimum Gasteiger partial charge on any atom is -0.458 e. The number of carbonyl (C=O) groups is 2. The molecule has 136 valence electrons. The third kappa shape index (κ3) is 3.51. The summed E-state index contributed by atoms with van der Waals surface area (Å²) in [5.74, 6) is -0.126. The zero-order valence-corrected chi connectivity index (χ0v) is 15.3. The molecule has 7 nitrogen and oxygen atoms in total. The fraction of sp³-hybridized carbons (Fsp3) is 0.368. The number of nitrogens with zero attached hydrogens (tertiary/aromatic N) is 3. The Morgan fingerprint density at radius 1 is 1.27 bits per heavy atom. The topological polar surface area (TPSA) is 87.2 Å². The minimum absolute atomic E-state index is 0.0430. The monoisotopic (exact) mass is 355 g/mol. The van der Waals surface area contributed by atoms with Crippen LogP contribution in [0.4, 0.5) is 0 Å². The molecule has 0 fully saturated rings. The summed E-state index contributed by atoms with van der Waals surface area (Å²) in [5, 5.41) is 8.33. The smallest absolute Gasteiger partial charge is 0.303 e. The molecule has 0 spiro atoms. The molecule has 0 N–H and O–H groups in total. The number of rotatable bonds is 5. The number of carbonyl (C=O) groups excluding carboxylic acids is 2. The van der Waals surface area contributed by atoms with Gasteiger partial charge >= 0.3 is 5.97 Å². The van der Waals surface area contributed by atoms with Crippen molar-refractivity contribution in [3.05, 3.63) is 46.6 Å². The molecule has 7 heteroatoms. The van der Waals surface area contributed by atoms with Crippen molar-refractivity contribution in [1.29, 1.82) is 0 Å². The average molecular weight is 355 g/mol. The first-order valence-corrected chi connectivity index (χ1v) is 8.40. The molecule has 0 bridgehead atoms. The van der Waals surface area contributed by atoms with Gasteiger partial charge in [0.2, 0.25) is 5.78 Å². The zero-order valence-electron chi connectivity index (χ0n) is 15.3. The third-order valence-electron chi connectivity index (χ3n) is 4.30. The Morgan fingerprint density at radius 3 is 2.69 bits per heavy atom. The van der Waals surface area contributed by atoms with E-state index < -0.39 is 5.97 Å². The van der Waals surface area contributed by atoms with Gasteiger partial charge in [0.05, 0.1) is 11.3 Å². The lowest BCUT2D eigenvalue weighted by atomic mass is 9.93. The number of aryl methyl sites for hydroxylation is 2. The van der Waals surface area contributed by atoms with Gasteiger partial charge in [0, 0.05) is 31.3 Å². The van der Waals surface area contributed by atoms with Gasteiger partial charge in [-0.1, -0.05) is 22.9 Å². The van der Waals surface area contributed by atoms with Crippen LogP contribution in [0.3, 0.4) is 0 Å². The third-order valence-corrected chi connectivity index (χ3v) is 4.30. The fourth-order valence-corrected chi connectivity index (χ4v) is 2.95. The Hall–Kier alpha value is -2.96. The van der Waals surface area contributed by atoms with E-state index in [4.69, 9.17) is 9.26 Å². The Kier molecular flexibility index (Phi) is 4.88. The number of aromatic nitrogens is 3. The number of Topliss-reactive ketones (excluding diaryl/α,β-unsaturated/α-hetero) is 1. The van der Waals surface area contributed by atoms with E-state index in [0.717, 1.165) is 12.0 Å². The van der Waals surface area contributed by atoms with Crippen molar-refractivity contribution >= 4 is 11.8 Å². The molecular formula is C19H21N3O4. The van der Waals surface area contributed by atoms with Gasteiger partial charge in [-0.2, -0.15) is 5.10 Å². The molecule has 0 saturated carbocycles. The quantitative estimate of drug-likeness (QED) is 0.604. The van der Waals surface area contributed by atoms with Crippen LogP contribution in [-0.4, -0.2) is 26.7 Å². The summed E-state index contributed by atoms with van der Waals surface area (Å²) in [7, 11) is 1.76. The molecule has 0 aliphatic heterocycles.